The fourth-order valence-corrected chi connectivity index (χ4v) is 2.06. The number of hydrogen-bond donors (Lipinski definition) is 1. The standard InChI is InChI=1S/C14H14N6O/c1-18(15)14(21)20(11-6-3-2-4-7-11)12-10-17-19-9-5-8-16-13(12)19/h2-10H,15H2,1H3. The molecule has 1 aromatic carbocycles. The lowest BCUT2D eigenvalue weighted by Gasteiger charge is -2.24. The predicted molar refractivity (Wildman–Crippen MR) is 78.9 cm³/mol. The van der Waals surface area contributed by atoms with Crippen LogP contribution in [0, 0.1) is 0 Å². The number of benzene rings is 1. The Kier molecular flexibility index (Phi) is 3.25. The van der Waals surface area contributed by atoms with Crippen molar-refractivity contribution in [2.45, 2.75) is 0 Å². The van der Waals surface area contributed by atoms with Gasteiger partial charge in [-0.25, -0.2) is 20.1 Å². The molecule has 0 aliphatic rings. The van der Waals surface area contributed by atoms with Gasteiger partial charge in [0.25, 0.3) is 0 Å². The van der Waals surface area contributed by atoms with Gasteiger partial charge in [-0.3, -0.25) is 9.91 Å². The molecule has 0 aliphatic carbocycles. The summed E-state index contributed by atoms with van der Waals surface area (Å²) in [5.74, 6) is 5.62. The first kappa shape index (κ1) is 13.1. The van der Waals surface area contributed by atoms with Gasteiger partial charge < -0.3 is 0 Å². The number of anilines is 2. The molecule has 0 aliphatic heterocycles. The van der Waals surface area contributed by atoms with E-state index in [9.17, 15) is 4.79 Å². The fourth-order valence-electron chi connectivity index (χ4n) is 2.06. The van der Waals surface area contributed by atoms with Crippen LogP contribution in [0.1, 0.15) is 0 Å². The molecule has 0 unspecified atom stereocenters. The van der Waals surface area contributed by atoms with Crippen LogP contribution in [0.15, 0.2) is 55.0 Å². The average molecular weight is 282 g/mol. The molecule has 7 nitrogen and oxygen atoms in total. The summed E-state index contributed by atoms with van der Waals surface area (Å²) in [6, 6.07) is 10.6. The van der Waals surface area contributed by atoms with Crippen LogP contribution < -0.4 is 10.7 Å². The van der Waals surface area contributed by atoms with Gasteiger partial charge in [-0.05, 0) is 18.2 Å². The number of carbonyl (C=O) groups is 1. The van der Waals surface area contributed by atoms with Gasteiger partial charge in [0.2, 0.25) is 0 Å². The topological polar surface area (TPSA) is 79.8 Å². The number of rotatable bonds is 2. The van der Waals surface area contributed by atoms with Crippen LogP contribution in [-0.2, 0) is 0 Å². The fraction of sp³-hybridized carbons (Fsp3) is 0.0714. The third kappa shape index (κ3) is 2.30. The molecule has 21 heavy (non-hydrogen) atoms. The van der Waals surface area contributed by atoms with Crippen LogP contribution in [0.4, 0.5) is 16.2 Å². The summed E-state index contributed by atoms with van der Waals surface area (Å²) in [4.78, 5) is 18.2. The number of urea groups is 1. The molecular formula is C14H14N6O. The second-order valence-corrected chi connectivity index (χ2v) is 4.48. The normalized spacial score (nSPS) is 10.6. The quantitative estimate of drug-likeness (QED) is 0.441. The zero-order valence-corrected chi connectivity index (χ0v) is 11.4. The minimum Gasteiger partial charge on any atom is -0.265 e. The van der Waals surface area contributed by atoms with E-state index < -0.39 is 0 Å². The van der Waals surface area contributed by atoms with E-state index >= 15 is 0 Å². The Morgan fingerprint density at radius 1 is 1.24 bits per heavy atom. The summed E-state index contributed by atoms with van der Waals surface area (Å²) in [6.45, 7) is 0. The molecule has 0 saturated heterocycles. The van der Waals surface area contributed by atoms with Crippen LogP contribution in [0.3, 0.4) is 0 Å². The summed E-state index contributed by atoms with van der Waals surface area (Å²) < 4.78 is 1.61. The van der Waals surface area contributed by atoms with Crippen molar-refractivity contribution in [1.82, 2.24) is 19.6 Å². The zero-order chi connectivity index (χ0) is 14.8. The SMILES string of the molecule is CN(N)C(=O)N(c1ccccc1)c1cnn2cccnc12. The van der Waals surface area contributed by atoms with Gasteiger partial charge in [0, 0.05) is 19.4 Å². The van der Waals surface area contributed by atoms with Gasteiger partial charge in [0.05, 0.1) is 11.9 Å². The molecule has 3 rings (SSSR count). The lowest BCUT2D eigenvalue weighted by atomic mass is 10.3. The molecule has 0 fully saturated rings. The van der Waals surface area contributed by atoms with Gasteiger partial charge in [-0.15, -0.1) is 0 Å². The lowest BCUT2D eigenvalue weighted by molar-refractivity contribution is 0.219. The average Bonchev–Trinajstić information content (AvgIpc) is 2.93. The summed E-state index contributed by atoms with van der Waals surface area (Å²) in [7, 11) is 1.50. The molecule has 2 N–H and O–H groups in total. The Labute approximate surface area is 121 Å². The Morgan fingerprint density at radius 3 is 2.71 bits per heavy atom. The molecule has 7 heteroatoms. The summed E-state index contributed by atoms with van der Waals surface area (Å²) in [6.07, 6.45) is 5.02. The maximum absolute atomic E-state index is 12.4. The summed E-state index contributed by atoms with van der Waals surface area (Å²) in [5.41, 5.74) is 1.85. The second-order valence-electron chi connectivity index (χ2n) is 4.48. The Bertz CT molecular complexity index is 767. The Hall–Kier alpha value is -2.93. The third-order valence-electron chi connectivity index (χ3n) is 3.01. The predicted octanol–water partition coefficient (Wildman–Crippen LogP) is 1.79. The van der Waals surface area contributed by atoms with Crippen LogP contribution in [0.25, 0.3) is 5.65 Å². The number of fused-ring (bicyclic) bond motifs is 1. The summed E-state index contributed by atoms with van der Waals surface area (Å²) in [5, 5.41) is 5.23. The Morgan fingerprint density at radius 2 is 2.00 bits per heavy atom. The number of nitrogens with two attached hydrogens (primary N) is 1. The molecule has 3 aromatic rings. The molecule has 0 radical (unpaired) electrons. The minimum absolute atomic E-state index is 0.373. The van der Waals surface area contributed by atoms with Gasteiger partial charge in [0.15, 0.2) is 5.65 Å². The van der Waals surface area contributed by atoms with Gasteiger partial charge >= 0.3 is 6.03 Å². The van der Waals surface area contributed by atoms with E-state index in [1.165, 1.54) is 11.9 Å². The van der Waals surface area contributed by atoms with E-state index in [1.807, 2.05) is 30.3 Å². The maximum atomic E-state index is 12.4. The van der Waals surface area contributed by atoms with Crippen LogP contribution >= 0.6 is 0 Å². The first-order chi connectivity index (χ1) is 10.2. The number of para-hydroxylation sites is 1. The molecule has 0 spiro atoms. The van der Waals surface area contributed by atoms with Gasteiger partial charge in [0.1, 0.15) is 5.69 Å². The van der Waals surface area contributed by atoms with E-state index in [4.69, 9.17) is 5.84 Å². The molecule has 2 amide bonds. The van der Waals surface area contributed by atoms with Crippen molar-refractivity contribution >= 4 is 23.1 Å². The third-order valence-corrected chi connectivity index (χ3v) is 3.01. The van der Waals surface area contributed by atoms with Crippen LogP contribution in [-0.4, -0.2) is 32.7 Å². The number of hydrazine groups is 1. The van der Waals surface area contributed by atoms with Gasteiger partial charge in [-0.2, -0.15) is 5.10 Å². The van der Waals surface area contributed by atoms with E-state index in [2.05, 4.69) is 10.1 Å². The van der Waals surface area contributed by atoms with E-state index in [0.29, 0.717) is 17.0 Å². The highest BCUT2D eigenvalue weighted by Gasteiger charge is 2.23. The Balaban J connectivity index is 2.18. The van der Waals surface area contributed by atoms with Crippen molar-refractivity contribution in [2.24, 2.45) is 5.84 Å². The van der Waals surface area contributed by atoms with Crippen LogP contribution in [0.2, 0.25) is 0 Å². The molecule has 0 bridgehead atoms. The zero-order valence-electron chi connectivity index (χ0n) is 11.4. The lowest BCUT2D eigenvalue weighted by Crippen LogP contribution is -2.42. The second kappa shape index (κ2) is 5.22. The molecule has 0 saturated carbocycles. The maximum Gasteiger partial charge on any atom is 0.343 e. The number of carbonyl (C=O) groups excluding carboxylic acids is 1. The highest BCUT2D eigenvalue weighted by atomic mass is 16.2. The molecule has 2 aromatic heterocycles. The summed E-state index contributed by atoms with van der Waals surface area (Å²) >= 11 is 0. The van der Waals surface area contributed by atoms with Crippen molar-refractivity contribution in [3.63, 3.8) is 0 Å². The van der Waals surface area contributed by atoms with Crippen molar-refractivity contribution in [3.8, 4) is 0 Å². The van der Waals surface area contributed by atoms with Gasteiger partial charge in [-0.1, -0.05) is 18.2 Å². The first-order valence-corrected chi connectivity index (χ1v) is 6.34. The van der Waals surface area contributed by atoms with Crippen molar-refractivity contribution in [1.29, 1.82) is 0 Å². The highest BCUT2D eigenvalue weighted by molar-refractivity contribution is 6.01. The monoisotopic (exact) mass is 282 g/mol. The first-order valence-electron chi connectivity index (χ1n) is 6.34. The number of aromatic nitrogens is 3. The van der Waals surface area contributed by atoms with E-state index in [1.54, 1.807) is 29.2 Å². The molecule has 2 heterocycles. The highest BCUT2D eigenvalue weighted by Crippen LogP contribution is 2.28. The minimum atomic E-state index is -0.373. The van der Waals surface area contributed by atoms with E-state index in [-0.39, 0.29) is 6.03 Å². The van der Waals surface area contributed by atoms with E-state index in [0.717, 1.165) is 5.01 Å². The molecule has 0 atom stereocenters. The molecule has 106 valence electrons. The largest absolute Gasteiger partial charge is 0.343 e. The van der Waals surface area contributed by atoms with Crippen molar-refractivity contribution in [2.75, 3.05) is 11.9 Å². The van der Waals surface area contributed by atoms with Crippen molar-refractivity contribution in [3.05, 3.63) is 55.0 Å². The number of nitrogens with zero attached hydrogens (tertiary/aromatic N) is 5. The van der Waals surface area contributed by atoms with Crippen LogP contribution in [0.5, 0.6) is 0 Å². The number of hydrogen-bond acceptors (Lipinski definition) is 4. The number of amides is 2. The molecular weight excluding hydrogens is 268 g/mol. The smallest absolute Gasteiger partial charge is 0.265 e. The van der Waals surface area contributed by atoms with Crippen molar-refractivity contribution < 1.29 is 4.79 Å².